The van der Waals surface area contributed by atoms with Crippen LogP contribution in [0.2, 0.25) is 0 Å². The zero-order valence-corrected chi connectivity index (χ0v) is 9.58. The first-order valence-electron chi connectivity index (χ1n) is 6.13. The maximum atomic E-state index is 11.4. The van der Waals surface area contributed by atoms with E-state index in [1.807, 2.05) is 0 Å². The molecule has 2 rings (SSSR count). The summed E-state index contributed by atoms with van der Waals surface area (Å²) in [5.41, 5.74) is 0. The van der Waals surface area contributed by atoms with Gasteiger partial charge in [-0.15, -0.1) is 0 Å². The summed E-state index contributed by atoms with van der Waals surface area (Å²) >= 11 is 0. The van der Waals surface area contributed by atoms with Crippen LogP contribution >= 0.6 is 0 Å². The summed E-state index contributed by atoms with van der Waals surface area (Å²) in [6, 6.07) is 0.648. The minimum atomic E-state index is -0.00508. The molecule has 2 aliphatic rings. The van der Waals surface area contributed by atoms with Crippen LogP contribution in [0.4, 0.5) is 0 Å². The van der Waals surface area contributed by atoms with Gasteiger partial charge in [0.05, 0.1) is 13.0 Å². The Morgan fingerprint density at radius 3 is 2.60 bits per heavy atom. The Morgan fingerprint density at radius 1 is 1.20 bits per heavy atom. The number of likely N-dealkylation sites (tertiary alicyclic amines) is 1. The first-order chi connectivity index (χ1) is 7.31. The minimum Gasteiger partial charge on any atom is -0.469 e. The van der Waals surface area contributed by atoms with Crippen molar-refractivity contribution in [2.24, 2.45) is 5.92 Å². The van der Waals surface area contributed by atoms with Gasteiger partial charge in [0.15, 0.2) is 0 Å². The SMILES string of the molecule is COC(=O)[C@H]1CC[C@H](N2CCCCC2)C1. The minimum absolute atomic E-state index is 0.00508. The lowest BCUT2D eigenvalue weighted by molar-refractivity contribution is -0.145. The van der Waals surface area contributed by atoms with Gasteiger partial charge in [0, 0.05) is 6.04 Å². The summed E-state index contributed by atoms with van der Waals surface area (Å²) in [6.07, 6.45) is 7.27. The Bertz CT molecular complexity index is 224. The maximum Gasteiger partial charge on any atom is 0.308 e. The molecule has 1 saturated carbocycles. The van der Waals surface area contributed by atoms with Crippen molar-refractivity contribution in [3.63, 3.8) is 0 Å². The Balaban J connectivity index is 1.83. The quantitative estimate of drug-likeness (QED) is 0.652. The van der Waals surface area contributed by atoms with Crippen molar-refractivity contribution in [2.75, 3.05) is 20.2 Å². The zero-order chi connectivity index (χ0) is 10.7. The lowest BCUT2D eigenvalue weighted by Gasteiger charge is -2.32. The molecule has 3 heteroatoms. The van der Waals surface area contributed by atoms with Gasteiger partial charge in [0.1, 0.15) is 0 Å². The Labute approximate surface area is 91.8 Å². The van der Waals surface area contributed by atoms with Crippen LogP contribution in [0.5, 0.6) is 0 Å². The summed E-state index contributed by atoms with van der Waals surface area (Å²) in [6.45, 7) is 2.47. The molecule has 0 spiro atoms. The average molecular weight is 211 g/mol. The maximum absolute atomic E-state index is 11.4. The number of rotatable bonds is 2. The van der Waals surface area contributed by atoms with E-state index in [2.05, 4.69) is 4.90 Å². The van der Waals surface area contributed by atoms with Gasteiger partial charge in [-0.25, -0.2) is 0 Å². The molecule has 86 valence electrons. The highest BCUT2D eigenvalue weighted by atomic mass is 16.5. The van der Waals surface area contributed by atoms with Gasteiger partial charge < -0.3 is 9.64 Å². The number of carbonyl (C=O) groups excluding carboxylic acids is 1. The highest BCUT2D eigenvalue weighted by Gasteiger charge is 2.33. The number of piperidine rings is 1. The molecule has 2 fully saturated rings. The standard InChI is InChI=1S/C12H21NO2/c1-15-12(14)10-5-6-11(9-10)13-7-3-2-4-8-13/h10-11H,2-9H2,1H3/t10-,11-/m0/s1. The van der Waals surface area contributed by atoms with E-state index in [4.69, 9.17) is 4.74 Å². The fraction of sp³-hybridized carbons (Fsp3) is 0.917. The van der Waals surface area contributed by atoms with E-state index in [1.165, 1.54) is 45.9 Å². The summed E-state index contributed by atoms with van der Waals surface area (Å²) in [5.74, 6) is 0.163. The molecule has 1 aliphatic heterocycles. The summed E-state index contributed by atoms with van der Waals surface area (Å²) in [4.78, 5) is 14.0. The van der Waals surface area contributed by atoms with Crippen molar-refractivity contribution in [3.05, 3.63) is 0 Å². The van der Waals surface area contributed by atoms with Crippen LogP contribution < -0.4 is 0 Å². The molecule has 0 unspecified atom stereocenters. The molecule has 0 aromatic carbocycles. The Morgan fingerprint density at radius 2 is 1.93 bits per heavy atom. The second kappa shape index (κ2) is 4.97. The third-order valence-electron chi connectivity index (χ3n) is 3.85. The Kier molecular flexibility index (Phi) is 3.62. The van der Waals surface area contributed by atoms with E-state index in [-0.39, 0.29) is 11.9 Å². The predicted octanol–water partition coefficient (Wildman–Crippen LogP) is 1.81. The summed E-state index contributed by atoms with van der Waals surface area (Å²) in [5, 5.41) is 0. The van der Waals surface area contributed by atoms with Crippen molar-refractivity contribution in [1.82, 2.24) is 4.90 Å². The first-order valence-corrected chi connectivity index (χ1v) is 6.13. The van der Waals surface area contributed by atoms with Crippen molar-refractivity contribution in [3.8, 4) is 0 Å². The molecule has 0 radical (unpaired) electrons. The van der Waals surface area contributed by atoms with Crippen LogP contribution in [0.3, 0.4) is 0 Å². The summed E-state index contributed by atoms with van der Waals surface area (Å²) < 4.78 is 4.81. The number of carbonyl (C=O) groups is 1. The lowest BCUT2D eigenvalue weighted by Crippen LogP contribution is -2.38. The number of esters is 1. The third-order valence-corrected chi connectivity index (χ3v) is 3.85. The number of nitrogens with zero attached hydrogens (tertiary/aromatic N) is 1. The van der Waals surface area contributed by atoms with Crippen molar-refractivity contribution >= 4 is 5.97 Å². The van der Waals surface area contributed by atoms with Gasteiger partial charge >= 0.3 is 5.97 Å². The number of methoxy groups -OCH3 is 1. The lowest BCUT2D eigenvalue weighted by atomic mass is 10.1. The molecule has 0 N–H and O–H groups in total. The number of ether oxygens (including phenoxy) is 1. The predicted molar refractivity (Wildman–Crippen MR) is 58.6 cm³/mol. The molecule has 0 amide bonds. The van der Waals surface area contributed by atoms with Gasteiger partial charge in [-0.2, -0.15) is 0 Å². The fourth-order valence-electron chi connectivity index (χ4n) is 2.95. The van der Waals surface area contributed by atoms with E-state index >= 15 is 0 Å². The summed E-state index contributed by atoms with van der Waals surface area (Å²) in [7, 11) is 1.50. The van der Waals surface area contributed by atoms with E-state index in [0.717, 1.165) is 12.8 Å². The van der Waals surface area contributed by atoms with E-state index in [9.17, 15) is 4.79 Å². The van der Waals surface area contributed by atoms with Crippen molar-refractivity contribution < 1.29 is 9.53 Å². The number of hydrogen-bond donors (Lipinski definition) is 0. The highest BCUT2D eigenvalue weighted by molar-refractivity contribution is 5.72. The fourth-order valence-corrected chi connectivity index (χ4v) is 2.95. The van der Waals surface area contributed by atoms with Gasteiger partial charge in [0.2, 0.25) is 0 Å². The zero-order valence-electron chi connectivity index (χ0n) is 9.58. The molecule has 2 atom stereocenters. The van der Waals surface area contributed by atoms with Crippen LogP contribution in [0.1, 0.15) is 38.5 Å². The van der Waals surface area contributed by atoms with E-state index in [0.29, 0.717) is 6.04 Å². The molecular formula is C12H21NO2. The monoisotopic (exact) mass is 211 g/mol. The van der Waals surface area contributed by atoms with E-state index in [1.54, 1.807) is 0 Å². The normalized spacial score (nSPS) is 32.9. The molecule has 15 heavy (non-hydrogen) atoms. The van der Waals surface area contributed by atoms with Gasteiger partial charge in [0.25, 0.3) is 0 Å². The first kappa shape index (κ1) is 10.9. The number of hydrogen-bond acceptors (Lipinski definition) is 3. The average Bonchev–Trinajstić information content (AvgIpc) is 2.78. The smallest absolute Gasteiger partial charge is 0.308 e. The van der Waals surface area contributed by atoms with Crippen molar-refractivity contribution in [2.45, 2.75) is 44.6 Å². The molecule has 0 aromatic rings. The highest BCUT2D eigenvalue weighted by Crippen LogP contribution is 2.31. The molecule has 1 aliphatic carbocycles. The molecule has 1 saturated heterocycles. The third kappa shape index (κ3) is 2.51. The van der Waals surface area contributed by atoms with Gasteiger partial charge in [-0.1, -0.05) is 6.42 Å². The van der Waals surface area contributed by atoms with Gasteiger partial charge in [-0.3, -0.25) is 4.79 Å². The van der Waals surface area contributed by atoms with Crippen LogP contribution in [-0.4, -0.2) is 37.1 Å². The van der Waals surface area contributed by atoms with Crippen LogP contribution in [0.25, 0.3) is 0 Å². The Hall–Kier alpha value is -0.570. The topological polar surface area (TPSA) is 29.5 Å². The van der Waals surface area contributed by atoms with Crippen molar-refractivity contribution in [1.29, 1.82) is 0 Å². The largest absolute Gasteiger partial charge is 0.469 e. The van der Waals surface area contributed by atoms with Crippen LogP contribution in [-0.2, 0) is 9.53 Å². The molecular weight excluding hydrogens is 190 g/mol. The van der Waals surface area contributed by atoms with Gasteiger partial charge in [-0.05, 0) is 45.2 Å². The molecule has 0 aromatic heterocycles. The molecule has 3 nitrogen and oxygen atoms in total. The molecule has 0 bridgehead atoms. The van der Waals surface area contributed by atoms with E-state index < -0.39 is 0 Å². The molecule has 1 heterocycles. The van der Waals surface area contributed by atoms with Crippen LogP contribution in [0.15, 0.2) is 0 Å². The van der Waals surface area contributed by atoms with Crippen LogP contribution in [0, 0.1) is 5.92 Å². The second-order valence-electron chi connectivity index (χ2n) is 4.78. The second-order valence-corrected chi connectivity index (χ2v) is 4.78.